The minimum atomic E-state index is -0.661. The number of unbranched alkanes of at least 4 members (excludes halogenated alkanes) is 2. The minimum Gasteiger partial charge on any atom is -0.348 e. The molecular weight excluding hydrogens is 226 g/mol. The fourth-order valence-corrected chi connectivity index (χ4v) is 1.62. The van der Waals surface area contributed by atoms with Crippen LogP contribution in [-0.4, -0.2) is 23.3 Å². The van der Waals surface area contributed by atoms with Crippen molar-refractivity contribution in [3.63, 3.8) is 0 Å². The Balaban J connectivity index is 2.23. The van der Waals surface area contributed by atoms with Gasteiger partial charge in [-0.1, -0.05) is 19.8 Å². The molecule has 6 heteroatoms. The van der Waals surface area contributed by atoms with E-state index in [1.165, 1.54) is 11.3 Å². The van der Waals surface area contributed by atoms with Gasteiger partial charge >= 0.3 is 11.8 Å². The summed E-state index contributed by atoms with van der Waals surface area (Å²) in [5.74, 6) is -1.27. The highest BCUT2D eigenvalue weighted by molar-refractivity contribution is 7.13. The van der Waals surface area contributed by atoms with Gasteiger partial charge in [-0.05, 0) is 6.42 Å². The highest BCUT2D eigenvalue weighted by Gasteiger charge is 2.13. The fourth-order valence-electron chi connectivity index (χ4n) is 1.10. The summed E-state index contributed by atoms with van der Waals surface area (Å²) < 4.78 is 0. The maximum absolute atomic E-state index is 11.3. The van der Waals surface area contributed by atoms with E-state index in [-0.39, 0.29) is 0 Å². The van der Waals surface area contributed by atoms with Crippen molar-refractivity contribution in [2.45, 2.75) is 26.2 Å². The van der Waals surface area contributed by atoms with Gasteiger partial charge < -0.3 is 5.32 Å². The first-order valence-electron chi connectivity index (χ1n) is 5.22. The number of thiazole rings is 1. The number of nitrogens with one attached hydrogen (secondary N) is 2. The Labute approximate surface area is 98.3 Å². The number of amides is 2. The van der Waals surface area contributed by atoms with Gasteiger partial charge in [-0.3, -0.25) is 14.9 Å². The Bertz CT molecular complexity index is 338. The van der Waals surface area contributed by atoms with E-state index in [1.807, 2.05) is 0 Å². The summed E-state index contributed by atoms with van der Waals surface area (Å²) in [7, 11) is 0. The molecule has 0 saturated heterocycles. The lowest BCUT2D eigenvalue weighted by Crippen LogP contribution is -2.35. The van der Waals surface area contributed by atoms with Gasteiger partial charge in [-0.2, -0.15) is 0 Å². The predicted molar refractivity (Wildman–Crippen MR) is 63.3 cm³/mol. The summed E-state index contributed by atoms with van der Waals surface area (Å²) in [4.78, 5) is 26.5. The number of anilines is 1. The third-order valence-corrected chi connectivity index (χ3v) is 2.61. The van der Waals surface area contributed by atoms with Crippen LogP contribution in [0.4, 0.5) is 5.13 Å². The molecule has 0 spiro atoms. The molecule has 2 amide bonds. The second-order valence-electron chi connectivity index (χ2n) is 3.25. The Morgan fingerprint density at radius 1 is 1.38 bits per heavy atom. The van der Waals surface area contributed by atoms with E-state index in [2.05, 4.69) is 22.5 Å². The van der Waals surface area contributed by atoms with Crippen LogP contribution in [-0.2, 0) is 9.59 Å². The Morgan fingerprint density at radius 3 is 2.81 bits per heavy atom. The van der Waals surface area contributed by atoms with E-state index in [0.29, 0.717) is 11.7 Å². The quantitative estimate of drug-likeness (QED) is 0.604. The van der Waals surface area contributed by atoms with E-state index in [0.717, 1.165) is 19.3 Å². The maximum atomic E-state index is 11.3. The van der Waals surface area contributed by atoms with E-state index in [4.69, 9.17) is 0 Å². The molecule has 1 aromatic rings. The molecule has 0 fully saturated rings. The number of hydrogen-bond acceptors (Lipinski definition) is 4. The zero-order valence-corrected chi connectivity index (χ0v) is 9.97. The topological polar surface area (TPSA) is 71.1 Å². The first-order valence-corrected chi connectivity index (χ1v) is 6.10. The highest BCUT2D eigenvalue weighted by atomic mass is 32.1. The molecule has 0 aliphatic rings. The van der Waals surface area contributed by atoms with Gasteiger partial charge in [0.25, 0.3) is 0 Å². The zero-order chi connectivity index (χ0) is 11.8. The summed E-state index contributed by atoms with van der Waals surface area (Å²) in [6, 6.07) is 0. The Hall–Kier alpha value is -1.43. The monoisotopic (exact) mass is 241 g/mol. The first kappa shape index (κ1) is 12.6. The van der Waals surface area contributed by atoms with Gasteiger partial charge in [0.05, 0.1) is 0 Å². The third kappa shape index (κ3) is 4.39. The van der Waals surface area contributed by atoms with E-state index in [9.17, 15) is 9.59 Å². The molecule has 16 heavy (non-hydrogen) atoms. The molecule has 1 heterocycles. The number of carbonyl (C=O) groups excluding carboxylic acids is 2. The summed E-state index contributed by atoms with van der Waals surface area (Å²) in [5.41, 5.74) is 0. The molecule has 2 N–H and O–H groups in total. The second-order valence-corrected chi connectivity index (χ2v) is 4.15. The molecule has 0 radical (unpaired) electrons. The van der Waals surface area contributed by atoms with E-state index in [1.54, 1.807) is 11.6 Å². The van der Waals surface area contributed by atoms with Crippen LogP contribution in [0.2, 0.25) is 0 Å². The average molecular weight is 241 g/mol. The number of carbonyl (C=O) groups is 2. The van der Waals surface area contributed by atoms with Crippen molar-refractivity contribution in [2.24, 2.45) is 0 Å². The largest absolute Gasteiger partial charge is 0.348 e. The highest BCUT2D eigenvalue weighted by Crippen LogP contribution is 2.09. The van der Waals surface area contributed by atoms with Crippen molar-refractivity contribution < 1.29 is 9.59 Å². The van der Waals surface area contributed by atoms with Crippen LogP contribution in [0.3, 0.4) is 0 Å². The molecule has 1 aromatic heterocycles. The van der Waals surface area contributed by atoms with Crippen molar-refractivity contribution in [3.05, 3.63) is 11.6 Å². The third-order valence-electron chi connectivity index (χ3n) is 1.92. The van der Waals surface area contributed by atoms with Crippen LogP contribution in [0.5, 0.6) is 0 Å². The molecule has 1 rings (SSSR count). The van der Waals surface area contributed by atoms with Crippen molar-refractivity contribution >= 4 is 28.3 Å². The lowest BCUT2D eigenvalue weighted by atomic mass is 10.2. The standard InChI is InChI=1S/C10H15N3O2S/c1-2-3-4-5-11-8(14)9(15)13-10-12-6-7-16-10/h6-7H,2-5H2,1H3,(H,11,14)(H,12,13,15). The summed E-state index contributed by atoms with van der Waals surface area (Å²) in [6.07, 6.45) is 4.60. The number of aromatic nitrogens is 1. The van der Waals surface area contributed by atoms with Gasteiger partial charge in [-0.25, -0.2) is 4.98 Å². The van der Waals surface area contributed by atoms with Crippen LogP contribution >= 0.6 is 11.3 Å². The summed E-state index contributed by atoms with van der Waals surface area (Å²) in [5, 5.41) is 7.14. The molecule has 0 bridgehead atoms. The smallest absolute Gasteiger partial charge is 0.315 e. The van der Waals surface area contributed by atoms with Crippen molar-refractivity contribution in [3.8, 4) is 0 Å². The van der Waals surface area contributed by atoms with Crippen LogP contribution in [0.1, 0.15) is 26.2 Å². The fraction of sp³-hybridized carbons (Fsp3) is 0.500. The van der Waals surface area contributed by atoms with Crippen LogP contribution in [0.15, 0.2) is 11.6 Å². The van der Waals surface area contributed by atoms with Crippen LogP contribution < -0.4 is 10.6 Å². The molecule has 88 valence electrons. The number of hydrogen-bond donors (Lipinski definition) is 2. The molecule has 0 atom stereocenters. The molecule has 0 aliphatic heterocycles. The summed E-state index contributed by atoms with van der Waals surface area (Å²) >= 11 is 1.28. The van der Waals surface area contributed by atoms with Crippen LogP contribution in [0, 0.1) is 0 Å². The van der Waals surface area contributed by atoms with Gasteiger partial charge in [0.2, 0.25) is 0 Å². The first-order chi connectivity index (χ1) is 7.74. The lowest BCUT2D eigenvalue weighted by molar-refractivity contribution is -0.136. The van der Waals surface area contributed by atoms with Gasteiger partial charge in [0, 0.05) is 18.1 Å². The average Bonchev–Trinajstić information content (AvgIpc) is 2.76. The van der Waals surface area contributed by atoms with Gasteiger partial charge in [0.15, 0.2) is 5.13 Å². The van der Waals surface area contributed by atoms with Gasteiger partial charge in [0.1, 0.15) is 0 Å². The van der Waals surface area contributed by atoms with Crippen molar-refractivity contribution in [2.75, 3.05) is 11.9 Å². The lowest BCUT2D eigenvalue weighted by Gasteiger charge is -2.03. The van der Waals surface area contributed by atoms with E-state index < -0.39 is 11.8 Å². The second kappa shape index (κ2) is 6.95. The predicted octanol–water partition coefficient (Wildman–Crippen LogP) is 1.39. The summed E-state index contributed by atoms with van der Waals surface area (Å²) in [6.45, 7) is 2.62. The van der Waals surface area contributed by atoms with Crippen molar-refractivity contribution in [1.82, 2.24) is 10.3 Å². The number of nitrogens with zero attached hydrogens (tertiary/aromatic N) is 1. The number of rotatable bonds is 5. The molecule has 0 aliphatic carbocycles. The SMILES string of the molecule is CCCCCNC(=O)C(=O)Nc1nccs1. The maximum Gasteiger partial charge on any atom is 0.315 e. The normalized spacial score (nSPS) is 9.81. The molecule has 0 unspecified atom stereocenters. The minimum absolute atomic E-state index is 0.439. The van der Waals surface area contributed by atoms with Crippen molar-refractivity contribution in [1.29, 1.82) is 0 Å². The molecule has 0 saturated carbocycles. The van der Waals surface area contributed by atoms with E-state index >= 15 is 0 Å². The molecule has 0 aromatic carbocycles. The van der Waals surface area contributed by atoms with Gasteiger partial charge in [-0.15, -0.1) is 11.3 Å². The molecular formula is C10H15N3O2S. The Morgan fingerprint density at radius 2 is 2.19 bits per heavy atom. The zero-order valence-electron chi connectivity index (χ0n) is 9.16. The Kier molecular flexibility index (Phi) is 5.49. The van der Waals surface area contributed by atoms with Crippen LogP contribution in [0.25, 0.3) is 0 Å². The molecule has 5 nitrogen and oxygen atoms in total.